The largest absolute Gasteiger partial charge is 0.512 e. The molecule has 0 aromatic rings. The van der Waals surface area contributed by atoms with Crippen LogP contribution in [0.15, 0.2) is 0 Å². The van der Waals surface area contributed by atoms with Gasteiger partial charge in [0.1, 0.15) is 0 Å². The zero-order valence-corrected chi connectivity index (χ0v) is 11.9. The van der Waals surface area contributed by atoms with Crippen LogP contribution in [0.1, 0.15) is 0 Å². The molecular weight excluding hydrogens is 384 g/mol. The summed E-state index contributed by atoms with van der Waals surface area (Å²) < 4.78 is 132. The first kappa shape index (κ1) is 19.4. The van der Waals surface area contributed by atoms with Crippen molar-refractivity contribution in [2.75, 3.05) is 5.08 Å². The summed E-state index contributed by atoms with van der Waals surface area (Å²) in [5, 5.41) is -2.47. The highest BCUT2D eigenvalue weighted by atomic mass is 32.3. The number of alkyl halides is 3. The van der Waals surface area contributed by atoms with Crippen LogP contribution in [0.4, 0.5) is 17.1 Å². The van der Waals surface area contributed by atoms with E-state index in [1.54, 1.807) is 0 Å². The average molecular weight is 388 g/mol. The SMILES string of the molecule is O=S(=O)(F)NS(=O)(=O)CS(=O)(=O)NS(=O)(=O)C(F)(F)F. The van der Waals surface area contributed by atoms with Gasteiger partial charge in [0.05, 0.1) is 0 Å². The van der Waals surface area contributed by atoms with Crippen molar-refractivity contribution in [1.29, 1.82) is 0 Å². The molecule has 0 aromatic carbocycles. The molecule has 0 amide bonds. The molecule has 0 aliphatic carbocycles. The van der Waals surface area contributed by atoms with Gasteiger partial charge in [-0.3, -0.25) is 0 Å². The lowest BCUT2D eigenvalue weighted by Crippen LogP contribution is -2.44. The highest BCUT2D eigenvalue weighted by Gasteiger charge is 2.48. The van der Waals surface area contributed by atoms with Crippen LogP contribution in [0.3, 0.4) is 0 Å². The van der Waals surface area contributed by atoms with Gasteiger partial charge in [0.15, 0.2) is 5.08 Å². The molecule has 2 N–H and O–H groups in total. The second kappa shape index (κ2) is 5.33. The molecule has 0 heterocycles. The molecule has 0 saturated carbocycles. The van der Waals surface area contributed by atoms with Crippen LogP contribution in [0.2, 0.25) is 0 Å². The van der Waals surface area contributed by atoms with Gasteiger partial charge in [-0.25, -0.2) is 25.3 Å². The minimum atomic E-state index is -6.44. The number of hydrogen-bond donors (Lipinski definition) is 2. The summed E-state index contributed by atoms with van der Waals surface area (Å²) in [6.07, 6.45) is 0. The molecule has 0 bridgehead atoms. The summed E-state index contributed by atoms with van der Waals surface area (Å²) in [6, 6.07) is 0. The topological polar surface area (TPSA) is 161 Å². The average Bonchev–Trinajstić information content (AvgIpc) is 1.88. The van der Waals surface area contributed by atoms with Crippen molar-refractivity contribution in [2.45, 2.75) is 5.51 Å². The summed E-state index contributed by atoms with van der Waals surface area (Å²) in [4.78, 5) is 0. The molecule has 0 aliphatic rings. The number of halogens is 4. The van der Waals surface area contributed by atoms with Crippen LogP contribution in [0.5, 0.6) is 0 Å². The first-order valence-electron chi connectivity index (χ1n) is 3.65. The van der Waals surface area contributed by atoms with Gasteiger partial charge in [-0.1, -0.05) is 8.01 Å². The smallest absolute Gasteiger partial charge is 0.210 e. The molecule has 0 aromatic heterocycles. The zero-order valence-electron chi connectivity index (χ0n) is 8.62. The van der Waals surface area contributed by atoms with Gasteiger partial charge in [-0.15, -0.1) is 4.13 Å². The van der Waals surface area contributed by atoms with Crippen molar-refractivity contribution in [3.8, 4) is 0 Å². The van der Waals surface area contributed by atoms with Crippen molar-refractivity contribution in [1.82, 2.24) is 8.25 Å². The molecule has 0 fully saturated rings. The van der Waals surface area contributed by atoms with Crippen LogP contribution in [-0.4, -0.2) is 44.3 Å². The van der Waals surface area contributed by atoms with E-state index in [-0.39, 0.29) is 8.25 Å². The monoisotopic (exact) mass is 388 g/mol. The predicted octanol–water partition coefficient (Wildman–Crippen LogP) is -2.15. The Hall–Kier alpha value is -0.560. The summed E-state index contributed by atoms with van der Waals surface area (Å²) in [5.41, 5.74) is -6.07. The van der Waals surface area contributed by atoms with Crippen molar-refractivity contribution < 1.29 is 50.7 Å². The molecule has 10 nitrogen and oxygen atoms in total. The Morgan fingerprint density at radius 1 is 0.750 bits per heavy atom. The van der Waals surface area contributed by atoms with E-state index in [9.17, 15) is 50.7 Å². The maximum atomic E-state index is 12.0. The van der Waals surface area contributed by atoms with Crippen molar-refractivity contribution in [3.63, 3.8) is 0 Å². The Labute approximate surface area is 110 Å². The molecule has 0 unspecified atom stereocenters. The third-order valence-electron chi connectivity index (χ3n) is 1.08. The fourth-order valence-electron chi connectivity index (χ4n) is 0.618. The van der Waals surface area contributed by atoms with E-state index < -0.39 is 51.1 Å². The lowest BCUT2D eigenvalue weighted by atomic mass is 11.6. The zero-order chi connectivity index (χ0) is 16.6. The van der Waals surface area contributed by atoms with Crippen molar-refractivity contribution in [2.24, 2.45) is 0 Å². The summed E-state index contributed by atoms with van der Waals surface area (Å²) in [6.45, 7) is 0. The van der Waals surface area contributed by atoms with Crippen LogP contribution >= 0.6 is 0 Å². The van der Waals surface area contributed by atoms with E-state index >= 15 is 0 Å². The van der Waals surface area contributed by atoms with Crippen LogP contribution in [-0.2, 0) is 40.5 Å². The maximum absolute atomic E-state index is 12.0. The number of rotatable bonds is 6. The maximum Gasteiger partial charge on any atom is 0.512 e. The quantitative estimate of drug-likeness (QED) is 0.384. The molecule has 0 spiro atoms. The van der Waals surface area contributed by atoms with Gasteiger partial charge < -0.3 is 0 Å². The Bertz CT molecular complexity index is 772. The standard InChI is InChI=1S/C2H4F4N2O8S4/c3-2(4,5)19(13,14)7-17(9,10)1-18(11,12)8-20(6,15)16/h7-8H,1H2. The molecule has 0 atom stereocenters. The van der Waals surface area contributed by atoms with Gasteiger partial charge in [0.2, 0.25) is 20.0 Å². The summed E-state index contributed by atoms with van der Waals surface area (Å²) >= 11 is 0. The Morgan fingerprint density at radius 2 is 1.10 bits per heavy atom. The molecule has 0 saturated heterocycles. The number of hydrogen-bond acceptors (Lipinski definition) is 8. The number of sulfonamides is 3. The molecule has 0 rings (SSSR count). The third-order valence-corrected chi connectivity index (χ3v) is 7.88. The van der Waals surface area contributed by atoms with Crippen molar-refractivity contribution in [3.05, 3.63) is 0 Å². The van der Waals surface area contributed by atoms with Gasteiger partial charge >= 0.3 is 25.9 Å². The molecule has 18 heteroatoms. The minimum Gasteiger partial charge on any atom is -0.210 e. The van der Waals surface area contributed by atoms with Gasteiger partial charge in [-0.2, -0.15) is 21.6 Å². The highest BCUT2D eigenvalue weighted by molar-refractivity contribution is 8.14. The van der Waals surface area contributed by atoms with Gasteiger partial charge in [0.25, 0.3) is 0 Å². The van der Waals surface area contributed by atoms with Crippen LogP contribution in [0.25, 0.3) is 0 Å². The lowest BCUT2D eigenvalue weighted by Gasteiger charge is -2.10. The fourth-order valence-corrected chi connectivity index (χ4v) is 6.43. The number of nitrogens with one attached hydrogen (secondary N) is 2. The summed E-state index contributed by atoms with van der Waals surface area (Å²) in [5.74, 6) is 0. The van der Waals surface area contributed by atoms with E-state index in [1.807, 2.05) is 0 Å². The van der Waals surface area contributed by atoms with Crippen LogP contribution < -0.4 is 8.25 Å². The summed E-state index contributed by atoms with van der Waals surface area (Å²) in [7, 11) is -23.6. The molecule has 0 aliphatic heterocycles. The van der Waals surface area contributed by atoms with Gasteiger partial charge in [0, 0.05) is 0 Å². The lowest BCUT2D eigenvalue weighted by molar-refractivity contribution is -0.0441. The van der Waals surface area contributed by atoms with E-state index in [1.165, 1.54) is 0 Å². The van der Waals surface area contributed by atoms with E-state index in [2.05, 4.69) is 0 Å². The highest BCUT2D eigenvalue weighted by Crippen LogP contribution is 2.22. The Morgan fingerprint density at radius 3 is 1.40 bits per heavy atom. The van der Waals surface area contributed by atoms with E-state index in [0.29, 0.717) is 0 Å². The normalized spacial score (nSPS) is 15.2. The first-order valence-corrected chi connectivity index (χ1v) is 9.82. The van der Waals surface area contributed by atoms with Crippen LogP contribution in [0, 0.1) is 0 Å². The predicted molar refractivity (Wildman–Crippen MR) is 54.0 cm³/mol. The van der Waals surface area contributed by atoms with E-state index in [4.69, 9.17) is 0 Å². The molecule has 0 radical (unpaired) electrons. The molecular formula is C2H4F4N2O8S4. The second-order valence-electron chi connectivity index (χ2n) is 2.90. The second-order valence-corrected chi connectivity index (χ2v) is 9.98. The molecule has 20 heavy (non-hydrogen) atoms. The Balaban J connectivity index is 5.34. The first-order chi connectivity index (χ1) is 8.37. The van der Waals surface area contributed by atoms with Gasteiger partial charge in [-0.05, 0) is 0 Å². The third kappa shape index (κ3) is 6.74. The minimum absolute atomic E-state index is 0.00256. The molecule has 122 valence electrons. The fraction of sp³-hybridized carbons (Fsp3) is 1.00. The van der Waals surface area contributed by atoms with Crippen molar-refractivity contribution >= 4 is 40.5 Å². The Kier molecular flexibility index (Phi) is 5.18. The van der Waals surface area contributed by atoms with E-state index in [0.717, 1.165) is 0 Å².